The molecular formula is C25H33NO8S. The van der Waals surface area contributed by atoms with Gasteiger partial charge in [-0.1, -0.05) is 12.1 Å². The number of ether oxygens (including phenoxy) is 4. The van der Waals surface area contributed by atoms with Gasteiger partial charge in [0, 0.05) is 19.1 Å². The van der Waals surface area contributed by atoms with E-state index in [1.165, 1.54) is 28.3 Å². The van der Waals surface area contributed by atoms with Crippen LogP contribution in [0.5, 0.6) is 23.0 Å². The number of rotatable bonds is 12. The lowest BCUT2D eigenvalue weighted by atomic mass is 10.1. The molecule has 2 aromatic rings. The lowest BCUT2D eigenvalue weighted by Crippen LogP contribution is -2.42. The quantitative estimate of drug-likeness (QED) is 0.433. The molecule has 0 amide bonds. The predicted octanol–water partition coefficient (Wildman–Crippen LogP) is 2.34. The molecule has 9 nitrogen and oxygen atoms in total. The zero-order chi connectivity index (χ0) is 25.6. The van der Waals surface area contributed by atoms with Crippen molar-refractivity contribution in [3.05, 3.63) is 47.5 Å². The van der Waals surface area contributed by atoms with Crippen LogP contribution >= 0.6 is 0 Å². The highest BCUT2D eigenvalue weighted by molar-refractivity contribution is 7.91. The highest BCUT2D eigenvalue weighted by Crippen LogP contribution is 2.38. The predicted molar refractivity (Wildman–Crippen MR) is 132 cm³/mol. The highest BCUT2D eigenvalue weighted by atomic mass is 32.2. The van der Waals surface area contributed by atoms with E-state index in [1.807, 2.05) is 17.0 Å². The number of sulfone groups is 1. The van der Waals surface area contributed by atoms with E-state index in [9.17, 15) is 18.3 Å². The lowest BCUT2D eigenvalue weighted by molar-refractivity contribution is 0.0520. The van der Waals surface area contributed by atoms with E-state index in [0.29, 0.717) is 41.5 Å². The second-order valence-electron chi connectivity index (χ2n) is 8.54. The molecule has 0 aromatic heterocycles. The van der Waals surface area contributed by atoms with E-state index >= 15 is 0 Å². The molecule has 1 aliphatic rings. The van der Waals surface area contributed by atoms with E-state index in [-0.39, 0.29) is 36.5 Å². The van der Waals surface area contributed by atoms with Crippen LogP contribution in [0.15, 0.2) is 36.4 Å². The molecule has 1 heterocycles. The molecule has 0 saturated carbocycles. The first kappa shape index (κ1) is 26.8. The molecule has 2 aromatic carbocycles. The number of methoxy groups -OCH3 is 3. The van der Waals surface area contributed by atoms with Gasteiger partial charge in [0.1, 0.15) is 18.5 Å². The summed E-state index contributed by atoms with van der Waals surface area (Å²) >= 11 is 0. The van der Waals surface area contributed by atoms with Crippen molar-refractivity contribution < 1.29 is 37.3 Å². The third-order valence-electron chi connectivity index (χ3n) is 5.98. The fourth-order valence-electron chi connectivity index (χ4n) is 4.26. The topological polar surface area (TPSA) is 112 Å². The maximum Gasteiger partial charge on any atom is 0.203 e. The zero-order valence-electron chi connectivity index (χ0n) is 20.5. The van der Waals surface area contributed by atoms with E-state index in [2.05, 4.69) is 0 Å². The minimum atomic E-state index is -3.14. The van der Waals surface area contributed by atoms with Gasteiger partial charge in [-0.15, -0.1) is 0 Å². The van der Waals surface area contributed by atoms with Gasteiger partial charge in [0.2, 0.25) is 5.75 Å². The van der Waals surface area contributed by atoms with Gasteiger partial charge in [0.05, 0.1) is 38.4 Å². The number of hydrogen-bond acceptors (Lipinski definition) is 9. The van der Waals surface area contributed by atoms with Gasteiger partial charge in [0.15, 0.2) is 27.1 Å². The molecule has 0 bridgehead atoms. The Morgan fingerprint density at radius 3 is 2.29 bits per heavy atom. The van der Waals surface area contributed by atoms with Crippen LogP contribution in [-0.2, 0) is 16.4 Å². The minimum Gasteiger partial charge on any atom is -0.493 e. The first-order valence-electron chi connectivity index (χ1n) is 11.3. The third-order valence-corrected chi connectivity index (χ3v) is 7.73. The first-order chi connectivity index (χ1) is 16.7. The van der Waals surface area contributed by atoms with Crippen LogP contribution in [0.2, 0.25) is 0 Å². The highest BCUT2D eigenvalue weighted by Gasteiger charge is 2.33. The number of carbonyl (C=O) groups excluding carboxylic acids is 1. The standard InChI is InChI=1S/C25H33NO8S/c1-17(27)21-7-5-6-8-22(21)34-15-20(28)14-26(19-9-10-35(29,30)16-19)13-18-11-23(31-2)25(33-4)24(12-18)32-3/h5-8,11-12,19-20,28H,9-10,13-16H2,1-4H3. The summed E-state index contributed by atoms with van der Waals surface area (Å²) in [5.41, 5.74) is 1.26. The van der Waals surface area contributed by atoms with Crippen molar-refractivity contribution in [1.29, 1.82) is 0 Å². The number of ketones is 1. The monoisotopic (exact) mass is 507 g/mol. The number of nitrogens with zero attached hydrogens (tertiary/aromatic N) is 1. The molecule has 35 heavy (non-hydrogen) atoms. The van der Waals surface area contributed by atoms with Crippen LogP contribution < -0.4 is 18.9 Å². The van der Waals surface area contributed by atoms with Crippen molar-refractivity contribution >= 4 is 15.6 Å². The van der Waals surface area contributed by atoms with E-state index in [4.69, 9.17) is 18.9 Å². The summed E-state index contributed by atoms with van der Waals surface area (Å²) in [4.78, 5) is 13.8. The molecule has 0 aliphatic carbocycles. The average Bonchev–Trinajstić information content (AvgIpc) is 3.21. The van der Waals surface area contributed by atoms with Crippen molar-refractivity contribution in [3.63, 3.8) is 0 Å². The van der Waals surface area contributed by atoms with Gasteiger partial charge >= 0.3 is 0 Å². The Labute approximate surface area is 206 Å². The second-order valence-corrected chi connectivity index (χ2v) is 10.8. The summed E-state index contributed by atoms with van der Waals surface area (Å²) in [5, 5.41) is 10.8. The van der Waals surface area contributed by atoms with Gasteiger partial charge in [-0.2, -0.15) is 0 Å². The summed E-state index contributed by atoms with van der Waals surface area (Å²) in [6, 6.07) is 10.2. The van der Waals surface area contributed by atoms with E-state index < -0.39 is 15.9 Å². The van der Waals surface area contributed by atoms with E-state index in [1.54, 1.807) is 24.3 Å². The average molecular weight is 508 g/mol. The van der Waals surface area contributed by atoms with Gasteiger partial charge in [0.25, 0.3) is 0 Å². The summed E-state index contributed by atoms with van der Waals surface area (Å²) in [6.07, 6.45) is -0.437. The molecule has 0 radical (unpaired) electrons. The van der Waals surface area contributed by atoms with E-state index in [0.717, 1.165) is 5.56 Å². The molecule has 1 aliphatic heterocycles. The molecule has 3 rings (SSSR count). The van der Waals surface area contributed by atoms with Crippen molar-refractivity contribution in [2.24, 2.45) is 0 Å². The fraction of sp³-hybridized carbons (Fsp3) is 0.480. The number of benzene rings is 2. The van der Waals surface area contributed by atoms with Crippen LogP contribution in [0, 0.1) is 0 Å². The van der Waals surface area contributed by atoms with Crippen LogP contribution in [-0.4, -0.2) is 82.3 Å². The Bertz CT molecular complexity index is 1110. The summed E-state index contributed by atoms with van der Waals surface area (Å²) < 4.78 is 46.4. The number of para-hydroxylation sites is 1. The summed E-state index contributed by atoms with van der Waals surface area (Å²) in [6.45, 7) is 1.95. The van der Waals surface area contributed by atoms with Crippen LogP contribution in [0.3, 0.4) is 0 Å². The number of aliphatic hydroxyl groups excluding tert-OH is 1. The molecule has 0 spiro atoms. The first-order valence-corrected chi connectivity index (χ1v) is 13.1. The van der Waals surface area contributed by atoms with Crippen molar-refractivity contribution in [2.45, 2.75) is 32.0 Å². The maximum atomic E-state index is 12.2. The zero-order valence-corrected chi connectivity index (χ0v) is 21.3. The van der Waals surface area contributed by atoms with Crippen molar-refractivity contribution in [1.82, 2.24) is 4.90 Å². The number of aliphatic hydroxyl groups is 1. The van der Waals surface area contributed by atoms with Crippen molar-refractivity contribution in [3.8, 4) is 23.0 Å². The molecule has 2 atom stereocenters. The third kappa shape index (κ3) is 6.87. The second kappa shape index (κ2) is 11.7. The molecular weight excluding hydrogens is 474 g/mol. The maximum absolute atomic E-state index is 12.2. The lowest BCUT2D eigenvalue weighted by Gasteiger charge is -2.30. The molecule has 1 saturated heterocycles. The Hall–Kier alpha value is -2.82. The summed E-state index contributed by atoms with van der Waals surface area (Å²) in [7, 11) is 1.45. The number of carbonyl (C=O) groups is 1. The Morgan fingerprint density at radius 1 is 1.09 bits per heavy atom. The Morgan fingerprint density at radius 2 is 1.74 bits per heavy atom. The Balaban J connectivity index is 1.79. The fourth-order valence-corrected chi connectivity index (χ4v) is 6.02. The van der Waals surface area contributed by atoms with Crippen molar-refractivity contribution in [2.75, 3.05) is 46.0 Å². The van der Waals surface area contributed by atoms with Crippen LogP contribution in [0.25, 0.3) is 0 Å². The molecule has 2 unspecified atom stereocenters. The number of hydrogen-bond donors (Lipinski definition) is 1. The smallest absolute Gasteiger partial charge is 0.203 e. The Kier molecular flexibility index (Phi) is 8.98. The normalized spacial score (nSPS) is 17.7. The van der Waals surface area contributed by atoms with Gasteiger partial charge in [-0.25, -0.2) is 8.42 Å². The molecule has 1 N–H and O–H groups in total. The number of Topliss-reactive ketones (excluding diaryl/α,β-unsaturated/α-hetero) is 1. The van der Waals surface area contributed by atoms with Gasteiger partial charge in [-0.05, 0) is 43.2 Å². The van der Waals surface area contributed by atoms with Crippen LogP contribution in [0.4, 0.5) is 0 Å². The largest absolute Gasteiger partial charge is 0.493 e. The summed E-state index contributed by atoms with van der Waals surface area (Å²) in [5.74, 6) is 1.86. The molecule has 1 fully saturated rings. The minimum absolute atomic E-state index is 0.0260. The van der Waals surface area contributed by atoms with Crippen LogP contribution in [0.1, 0.15) is 29.3 Å². The van der Waals surface area contributed by atoms with Gasteiger partial charge < -0.3 is 24.1 Å². The molecule has 10 heteroatoms. The molecule has 192 valence electrons. The SMILES string of the molecule is COc1cc(CN(CC(O)COc2ccccc2C(C)=O)C2CCS(=O)(=O)C2)cc(OC)c1OC. The van der Waals surface area contributed by atoms with Gasteiger partial charge in [-0.3, -0.25) is 9.69 Å².